The number of ether oxygens (including phenoxy) is 3. The SMILES string of the molecule is COc1ccc(S(=O)(=O)N(CC(=O)N/N=C\c2ccc(N(C)C)c(Br)c2)c2cc(Cl)ccc2OC)cc1OC. The van der Waals surface area contributed by atoms with Crippen LogP contribution < -0.4 is 28.8 Å². The quantitative estimate of drug-likeness (QED) is 0.242. The Labute approximate surface area is 241 Å². The molecule has 1 amide bonds. The molecule has 39 heavy (non-hydrogen) atoms. The van der Waals surface area contributed by atoms with Gasteiger partial charge in [-0.1, -0.05) is 17.7 Å². The number of benzene rings is 3. The van der Waals surface area contributed by atoms with E-state index in [-0.39, 0.29) is 27.1 Å². The number of sulfonamides is 1. The number of carbonyl (C=O) groups excluding carboxylic acids is 1. The number of nitrogens with one attached hydrogen (secondary N) is 1. The minimum atomic E-state index is -4.32. The van der Waals surface area contributed by atoms with E-state index in [9.17, 15) is 13.2 Å². The van der Waals surface area contributed by atoms with Gasteiger partial charge in [-0.2, -0.15) is 5.10 Å². The molecule has 3 aromatic rings. The maximum absolute atomic E-state index is 13.8. The van der Waals surface area contributed by atoms with Crippen molar-refractivity contribution in [1.29, 1.82) is 0 Å². The lowest BCUT2D eigenvalue weighted by Crippen LogP contribution is -2.39. The summed E-state index contributed by atoms with van der Waals surface area (Å²) in [6, 6.07) is 14.2. The monoisotopic (exact) mass is 638 g/mol. The van der Waals surface area contributed by atoms with E-state index in [1.54, 1.807) is 6.07 Å². The Balaban J connectivity index is 1.94. The highest BCUT2D eigenvalue weighted by Crippen LogP contribution is 2.37. The Bertz CT molecular complexity index is 1480. The highest BCUT2D eigenvalue weighted by Gasteiger charge is 2.30. The number of hydrogen-bond donors (Lipinski definition) is 1. The summed E-state index contributed by atoms with van der Waals surface area (Å²) >= 11 is 9.69. The van der Waals surface area contributed by atoms with Crippen LogP contribution in [0.15, 0.2) is 69.1 Å². The minimum Gasteiger partial charge on any atom is -0.495 e. The molecule has 3 aromatic carbocycles. The number of anilines is 2. The fraction of sp³-hybridized carbons (Fsp3) is 0.231. The van der Waals surface area contributed by atoms with E-state index in [0.29, 0.717) is 5.75 Å². The first kappa shape index (κ1) is 30.1. The van der Waals surface area contributed by atoms with Crippen LogP contribution in [0.2, 0.25) is 5.02 Å². The van der Waals surface area contributed by atoms with Gasteiger partial charge in [0.2, 0.25) is 0 Å². The predicted octanol–water partition coefficient (Wildman–Crippen LogP) is 4.54. The van der Waals surface area contributed by atoms with Gasteiger partial charge in [0, 0.05) is 29.7 Å². The number of nitrogens with zero attached hydrogens (tertiary/aromatic N) is 3. The van der Waals surface area contributed by atoms with Crippen molar-refractivity contribution < 1.29 is 27.4 Å². The van der Waals surface area contributed by atoms with Gasteiger partial charge in [-0.15, -0.1) is 0 Å². The van der Waals surface area contributed by atoms with Crippen LogP contribution in [0.5, 0.6) is 17.2 Å². The highest BCUT2D eigenvalue weighted by atomic mass is 79.9. The van der Waals surface area contributed by atoms with E-state index in [1.165, 1.54) is 57.9 Å². The molecule has 0 aromatic heterocycles. The molecule has 0 radical (unpaired) electrons. The number of rotatable bonds is 11. The first-order valence-electron chi connectivity index (χ1n) is 11.4. The van der Waals surface area contributed by atoms with Crippen LogP contribution in [0.3, 0.4) is 0 Å². The van der Waals surface area contributed by atoms with Crippen molar-refractivity contribution in [3.63, 3.8) is 0 Å². The van der Waals surface area contributed by atoms with Crippen LogP contribution >= 0.6 is 27.5 Å². The standard InChI is InChI=1S/C26H28BrClN4O6S/c1-31(2)21-9-6-17(12-20(21)27)15-29-30-26(33)16-32(22-13-18(28)7-10-23(22)36-3)39(34,35)19-8-11-24(37-4)25(14-19)38-5/h6-15H,16H2,1-5H3,(H,30,33)/b29-15-. The lowest BCUT2D eigenvalue weighted by atomic mass is 10.2. The van der Waals surface area contributed by atoms with E-state index in [1.807, 2.05) is 37.2 Å². The molecular weight excluding hydrogens is 612 g/mol. The molecule has 13 heteroatoms. The van der Waals surface area contributed by atoms with Crippen LogP contribution in [0, 0.1) is 0 Å². The van der Waals surface area contributed by atoms with Gasteiger partial charge in [0.1, 0.15) is 12.3 Å². The average Bonchev–Trinajstić information content (AvgIpc) is 2.91. The summed E-state index contributed by atoms with van der Waals surface area (Å²) in [5.41, 5.74) is 4.15. The van der Waals surface area contributed by atoms with Crippen LogP contribution in [-0.2, 0) is 14.8 Å². The van der Waals surface area contributed by atoms with Gasteiger partial charge >= 0.3 is 0 Å². The van der Waals surface area contributed by atoms with E-state index >= 15 is 0 Å². The Morgan fingerprint density at radius 3 is 2.23 bits per heavy atom. The summed E-state index contributed by atoms with van der Waals surface area (Å²) < 4.78 is 45.3. The molecule has 0 fully saturated rings. The number of amides is 1. The average molecular weight is 640 g/mol. The van der Waals surface area contributed by atoms with Gasteiger partial charge in [0.25, 0.3) is 15.9 Å². The van der Waals surface area contributed by atoms with Crippen LogP contribution in [0.4, 0.5) is 11.4 Å². The molecule has 0 atom stereocenters. The molecule has 3 rings (SSSR count). The summed E-state index contributed by atoms with van der Waals surface area (Å²) in [7, 11) is 3.75. The van der Waals surface area contributed by atoms with Gasteiger partial charge in [-0.05, 0) is 64.0 Å². The zero-order valence-corrected chi connectivity index (χ0v) is 25.1. The molecule has 10 nitrogen and oxygen atoms in total. The fourth-order valence-electron chi connectivity index (χ4n) is 3.57. The van der Waals surface area contributed by atoms with Crippen LogP contribution in [0.25, 0.3) is 0 Å². The van der Waals surface area contributed by atoms with Gasteiger partial charge in [0.05, 0.1) is 43.8 Å². The third kappa shape index (κ3) is 7.14. The molecule has 0 saturated carbocycles. The van der Waals surface area contributed by atoms with Gasteiger partial charge < -0.3 is 19.1 Å². The lowest BCUT2D eigenvalue weighted by molar-refractivity contribution is -0.119. The van der Waals surface area contributed by atoms with Crippen molar-refractivity contribution in [1.82, 2.24) is 5.43 Å². The largest absolute Gasteiger partial charge is 0.495 e. The van der Waals surface area contributed by atoms with E-state index in [0.717, 1.165) is 20.0 Å². The number of methoxy groups -OCH3 is 3. The zero-order chi connectivity index (χ0) is 28.7. The number of halogens is 2. The minimum absolute atomic E-state index is 0.0714. The van der Waals surface area contributed by atoms with E-state index < -0.39 is 22.5 Å². The van der Waals surface area contributed by atoms with Crippen molar-refractivity contribution in [2.45, 2.75) is 4.90 Å². The molecule has 0 unspecified atom stereocenters. The molecule has 0 bridgehead atoms. The van der Waals surface area contributed by atoms with Crippen molar-refractivity contribution >= 4 is 61.1 Å². The Hall–Kier alpha value is -3.48. The summed E-state index contributed by atoms with van der Waals surface area (Å²) in [6.07, 6.45) is 1.45. The van der Waals surface area contributed by atoms with Gasteiger partial charge in [-0.25, -0.2) is 13.8 Å². The molecule has 0 heterocycles. The zero-order valence-electron chi connectivity index (χ0n) is 21.9. The van der Waals surface area contributed by atoms with E-state index in [2.05, 4.69) is 26.5 Å². The first-order chi connectivity index (χ1) is 18.5. The van der Waals surface area contributed by atoms with Crippen molar-refractivity contribution in [3.8, 4) is 17.2 Å². The Morgan fingerprint density at radius 1 is 0.949 bits per heavy atom. The Morgan fingerprint density at radius 2 is 1.62 bits per heavy atom. The third-order valence-corrected chi connectivity index (χ3v) is 8.12. The first-order valence-corrected chi connectivity index (χ1v) is 14.0. The number of hydrogen-bond acceptors (Lipinski definition) is 8. The van der Waals surface area contributed by atoms with Gasteiger partial charge in [-0.3, -0.25) is 9.10 Å². The smallest absolute Gasteiger partial charge is 0.265 e. The molecule has 208 valence electrons. The summed E-state index contributed by atoms with van der Waals surface area (Å²) in [5.74, 6) is 0.0599. The molecular formula is C26H28BrClN4O6S. The lowest BCUT2D eigenvalue weighted by Gasteiger charge is -2.25. The second-order valence-electron chi connectivity index (χ2n) is 8.24. The van der Waals surface area contributed by atoms with Crippen molar-refractivity contribution in [3.05, 3.63) is 69.7 Å². The second-order valence-corrected chi connectivity index (χ2v) is 11.4. The second kappa shape index (κ2) is 13.0. The molecule has 0 aliphatic rings. The van der Waals surface area contributed by atoms with Crippen LogP contribution in [0.1, 0.15) is 5.56 Å². The summed E-state index contributed by atoms with van der Waals surface area (Å²) in [6.45, 7) is -0.617. The number of hydrazone groups is 1. The third-order valence-electron chi connectivity index (χ3n) is 5.50. The molecule has 1 N–H and O–H groups in total. The highest BCUT2D eigenvalue weighted by molar-refractivity contribution is 9.10. The topological polar surface area (TPSA) is 110 Å². The molecule has 0 saturated heterocycles. The van der Waals surface area contributed by atoms with Crippen LogP contribution in [-0.4, -0.2) is 62.5 Å². The molecule has 0 spiro atoms. The van der Waals surface area contributed by atoms with Crippen molar-refractivity contribution in [2.24, 2.45) is 5.10 Å². The van der Waals surface area contributed by atoms with E-state index in [4.69, 9.17) is 25.8 Å². The summed E-state index contributed by atoms with van der Waals surface area (Å²) in [5, 5.41) is 4.25. The van der Waals surface area contributed by atoms with Crippen molar-refractivity contribution in [2.75, 3.05) is 51.2 Å². The molecule has 0 aliphatic heterocycles. The fourth-order valence-corrected chi connectivity index (χ4v) is 5.93. The molecule has 0 aliphatic carbocycles. The number of carbonyl (C=O) groups is 1. The maximum atomic E-state index is 13.8. The normalized spacial score (nSPS) is 11.3. The van der Waals surface area contributed by atoms with Gasteiger partial charge in [0.15, 0.2) is 11.5 Å². The Kier molecular flexibility index (Phi) is 10.1. The maximum Gasteiger partial charge on any atom is 0.265 e. The summed E-state index contributed by atoms with van der Waals surface area (Å²) in [4.78, 5) is 14.8. The predicted molar refractivity (Wildman–Crippen MR) is 156 cm³/mol.